The first-order valence-electron chi connectivity index (χ1n) is 8.47. The van der Waals surface area contributed by atoms with E-state index < -0.39 is 17.8 Å². The maximum absolute atomic E-state index is 13.4. The van der Waals surface area contributed by atoms with Crippen LogP contribution < -0.4 is 0 Å². The summed E-state index contributed by atoms with van der Waals surface area (Å²) in [5, 5.41) is 10.8. The zero-order chi connectivity index (χ0) is 20.6. The van der Waals surface area contributed by atoms with Crippen LogP contribution in [0.15, 0.2) is 42.5 Å². The Hall–Kier alpha value is -1.97. The van der Waals surface area contributed by atoms with Crippen LogP contribution in [0.2, 0.25) is 0 Å². The molecular formula is C20H23F3O5. The summed E-state index contributed by atoms with van der Waals surface area (Å²) in [6, 6.07) is 10.0. The second-order valence-electron chi connectivity index (χ2n) is 6.03. The Labute approximate surface area is 161 Å². The molecule has 0 saturated heterocycles. The Balaban J connectivity index is 2.40. The van der Waals surface area contributed by atoms with Crippen LogP contribution >= 0.6 is 0 Å². The van der Waals surface area contributed by atoms with Gasteiger partial charge in [0, 0.05) is 14.2 Å². The lowest BCUT2D eigenvalue weighted by molar-refractivity contribution is -0.139. The predicted molar refractivity (Wildman–Crippen MR) is 95.3 cm³/mol. The number of aliphatic hydroxyl groups is 1. The normalized spacial score (nSPS) is 12.9. The summed E-state index contributed by atoms with van der Waals surface area (Å²) in [7, 11) is 2.95. The highest BCUT2D eigenvalue weighted by atomic mass is 19.4. The van der Waals surface area contributed by atoms with Gasteiger partial charge in [0.1, 0.15) is 19.7 Å². The topological polar surface area (TPSA) is 57.2 Å². The summed E-state index contributed by atoms with van der Waals surface area (Å²) in [6.45, 7) is 0.363. The van der Waals surface area contributed by atoms with E-state index in [-0.39, 0.29) is 32.4 Å². The lowest BCUT2D eigenvalue weighted by Crippen LogP contribution is -2.14. The minimum atomic E-state index is -4.58. The quantitative estimate of drug-likeness (QED) is 0.482. The molecule has 0 saturated carbocycles. The molecule has 0 radical (unpaired) electrons. The Kier molecular flexibility index (Phi) is 8.40. The van der Waals surface area contributed by atoms with Crippen LogP contribution in [0.4, 0.5) is 13.2 Å². The van der Waals surface area contributed by atoms with Crippen LogP contribution in [0.3, 0.4) is 0 Å². The number of ether oxygens (including phenoxy) is 4. The fraction of sp³-hybridized carbons (Fsp3) is 0.400. The number of hydrogen-bond donors (Lipinski definition) is 1. The van der Waals surface area contributed by atoms with Crippen molar-refractivity contribution >= 4 is 0 Å². The monoisotopic (exact) mass is 400 g/mol. The minimum Gasteiger partial charge on any atom is -0.384 e. The summed E-state index contributed by atoms with van der Waals surface area (Å²) in [5.41, 5.74) is 0.444. The molecule has 0 spiro atoms. The van der Waals surface area contributed by atoms with E-state index in [2.05, 4.69) is 0 Å². The molecule has 1 unspecified atom stereocenters. The first-order valence-corrected chi connectivity index (χ1v) is 8.47. The zero-order valence-electron chi connectivity index (χ0n) is 15.7. The maximum atomic E-state index is 13.4. The summed E-state index contributed by atoms with van der Waals surface area (Å²) < 4.78 is 60.4. The average molecular weight is 400 g/mol. The molecule has 154 valence electrons. The number of aliphatic hydroxyl groups excluding tert-OH is 1. The van der Waals surface area contributed by atoms with Crippen LogP contribution in [0.1, 0.15) is 33.9 Å². The molecule has 0 heterocycles. The van der Waals surface area contributed by atoms with Crippen molar-refractivity contribution < 1.29 is 37.2 Å². The number of methoxy groups -OCH3 is 2. The molecule has 28 heavy (non-hydrogen) atoms. The summed E-state index contributed by atoms with van der Waals surface area (Å²) in [6.07, 6.45) is -6.06. The predicted octanol–water partition coefficient (Wildman–Crippen LogP) is 4.03. The van der Waals surface area contributed by atoms with Crippen molar-refractivity contribution in [3.63, 3.8) is 0 Å². The summed E-state index contributed by atoms with van der Waals surface area (Å²) >= 11 is 0. The Morgan fingerprint density at radius 3 is 2.18 bits per heavy atom. The third-order valence-corrected chi connectivity index (χ3v) is 3.99. The molecule has 0 amide bonds. The number of halogens is 3. The molecule has 0 aliphatic heterocycles. The first kappa shape index (κ1) is 22.3. The van der Waals surface area contributed by atoms with Crippen molar-refractivity contribution in [2.45, 2.75) is 25.5 Å². The van der Waals surface area contributed by atoms with Gasteiger partial charge in [0.2, 0.25) is 0 Å². The van der Waals surface area contributed by atoms with E-state index in [4.69, 9.17) is 18.9 Å². The molecule has 1 N–H and O–H groups in total. The molecular weight excluding hydrogens is 377 g/mol. The average Bonchev–Trinajstić information content (AvgIpc) is 2.68. The van der Waals surface area contributed by atoms with Gasteiger partial charge >= 0.3 is 6.18 Å². The van der Waals surface area contributed by atoms with E-state index in [1.807, 2.05) is 0 Å². The third kappa shape index (κ3) is 6.02. The second kappa shape index (κ2) is 10.5. The second-order valence-corrected chi connectivity index (χ2v) is 6.03. The van der Waals surface area contributed by atoms with Crippen LogP contribution in [-0.4, -0.2) is 32.9 Å². The zero-order valence-corrected chi connectivity index (χ0v) is 15.7. The number of benzene rings is 2. The first-order chi connectivity index (χ1) is 13.4. The highest BCUT2D eigenvalue weighted by Gasteiger charge is 2.35. The van der Waals surface area contributed by atoms with Crippen molar-refractivity contribution in [1.29, 1.82) is 0 Å². The van der Waals surface area contributed by atoms with Gasteiger partial charge in [-0.05, 0) is 28.3 Å². The molecule has 0 aliphatic rings. The van der Waals surface area contributed by atoms with Gasteiger partial charge in [-0.1, -0.05) is 36.4 Å². The van der Waals surface area contributed by atoms with E-state index in [9.17, 15) is 18.3 Å². The summed E-state index contributed by atoms with van der Waals surface area (Å²) in [4.78, 5) is 0. The van der Waals surface area contributed by atoms with Crippen molar-refractivity contribution in [3.8, 4) is 0 Å². The van der Waals surface area contributed by atoms with Crippen LogP contribution in [0.5, 0.6) is 0 Å². The van der Waals surface area contributed by atoms with Gasteiger partial charge < -0.3 is 24.1 Å². The molecule has 2 aromatic rings. The maximum Gasteiger partial charge on any atom is 0.416 e. The molecule has 5 nitrogen and oxygen atoms in total. The Morgan fingerprint density at radius 2 is 1.54 bits per heavy atom. The fourth-order valence-corrected chi connectivity index (χ4v) is 2.76. The molecule has 2 rings (SSSR count). The number of hydrogen-bond acceptors (Lipinski definition) is 5. The van der Waals surface area contributed by atoms with E-state index in [1.165, 1.54) is 32.4 Å². The molecule has 2 aromatic carbocycles. The number of alkyl halides is 3. The Bertz CT molecular complexity index is 749. The van der Waals surface area contributed by atoms with E-state index in [0.717, 1.165) is 6.07 Å². The van der Waals surface area contributed by atoms with E-state index in [0.29, 0.717) is 16.7 Å². The highest BCUT2D eigenvalue weighted by Crippen LogP contribution is 2.37. The standard InChI is InChI=1S/C20H23F3O5/c1-25-12-27-10-14-7-8-15(11-28-13-26-2)17(9-14)19(24)16-5-3-4-6-18(16)20(21,22)23/h3-9,19,24H,10-13H2,1-2H3. The van der Waals surface area contributed by atoms with Gasteiger partial charge in [-0.15, -0.1) is 0 Å². The molecule has 0 bridgehead atoms. The van der Waals surface area contributed by atoms with Gasteiger partial charge in [0.25, 0.3) is 0 Å². The highest BCUT2D eigenvalue weighted by molar-refractivity contribution is 5.42. The lowest BCUT2D eigenvalue weighted by Gasteiger charge is -2.21. The third-order valence-electron chi connectivity index (χ3n) is 3.99. The minimum absolute atomic E-state index is 0.0212. The number of rotatable bonds is 10. The van der Waals surface area contributed by atoms with Gasteiger partial charge in [0.15, 0.2) is 0 Å². The van der Waals surface area contributed by atoms with E-state index in [1.54, 1.807) is 18.2 Å². The van der Waals surface area contributed by atoms with Crippen LogP contribution in [0.25, 0.3) is 0 Å². The van der Waals surface area contributed by atoms with Crippen molar-refractivity contribution in [3.05, 3.63) is 70.3 Å². The smallest absolute Gasteiger partial charge is 0.384 e. The van der Waals surface area contributed by atoms with Gasteiger partial charge in [-0.25, -0.2) is 0 Å². The van der Waals surface area contributed by atoms with E-state index >= 15 is 0 Å². The Morgan fingerprint density at radius 1 is 0.893 bits per heavy atom. The molecule has 0 aromatic heterocycles. The lowest BCUT2D eigenvalue weighted by atomic mass is 9.92. The van der Waals surface area contributed by atoms with Gasteiger partial charge in [-0.3, -0.25) is 0 Å². The van der Waals surface area contributed by atoms with Crippen molar-refractivity contribution in [2.75, 3.05) is 27.8 Å². The molecule has 0 aliphatic carbocycles. The molecule has 0 fully saturated rings. The fourth-order valence-electron chi connectivity index (χ4n) is 2.76. The molecule has 8 heteroatoms. The molecule has 1 atom stereocenters. The largest absolute Gasteiger partial charge is 0.416 e. The van der Waals surface area contributed by atoms with Crippen LogP contribution in [0, 0.1) is 0 Å². The summed E-state index contributed by atoms with van der Waals surface area (Å²) in [5.74, 6) is 0. The SMILES string of the molecule is COCOCc1ccc(COCOC)c(C(O)c2ccccc2C(F)(F)F)c1. The van der Waals surface area contributed by atoms with Gasteiger partial charge in [-0.2, -0.15) is 13.2 Å². The van der Waals surface area contributed by atoms with Crippen molar-refractivity contribution in [1.82, 2.24) is 0 Å². The van der Waals surface area contributed by atoms with Gasteiger partial charge in [0.05, 0.1) is 18.8 Å². The van der Waals surface area contributed by atoms with Crippen LogP contribution in [-0.2, 0) is 38.3 Å². The van der Waals surface area contributed by atoms with Crippen molar-refractivity contribution in [2.24, 2.45) is 0 Å².